The maximum atomic E-state index is 5.74. The van der Waals surface area contributed by atoms with Crippen LogP contribution in [0.1, 0.15) is 36.7 Å². The molecule has 0 spiro atoms. The zero-order valence-corrected chi connectivity index (χ0v) is 15.8. The van der Waals surface area contributed by atoms with Crippen LogP contribution in [0.2, 0.25) is 0 Å². The average Bonchev–Trinajstić information content (AvgIpc) is 3.12. The standard InChI is InChI=1S/C17H28N4O2S/c1-12(11-22-4)19-17(24)20-18-9-15-8-13(2)21(14(15)3)10-16-6-5-7-23-16/h8-9,12,16H,5-7,10-11H2,1-4H3,(H2,19,20,24)/b18-9-/t12-,16+/m1/s1. The first-order valence-corrected chi connectivity index (χ1v) is 8.79. The van der Waals surface area contributed by atoms with Gasteiger partial charge in [-0.15, -0.1) is 0 Å². The lowest BCUT2D eigenvalue weighted by molar-refractivity contribution is 0.0962. The van der Waals surface area contributed by atoms with E-state index >= 15 is 0 Å². The number of ether oxygens (including phenoxy) is 2. The highest BCUT2D eigenvalue weighted by molar-refractivity contribution is 7.80. The third-order valence-corrected chi connectivity index (χ3v) is 4.40. The predicted molar refractivity (Wildman–Crippen MR) is 101 cm³/mol. The molecule has 2 heterocycles. The first-order chi connectivity index (χ1) is 11.5. The van der Waals surface area contributed by atoms with Gasteiger partial charge in [-0.3, -0.25) is 5.43 Å². The molecule has 2 N–H and O–H groups in total. The van der Waals surface area contributed by atoms with E-state index in [1.165, 1.54) is 11.4 Å². The van der Waals surface area contributed by atoms with Crippen molar-refractivity contribution in [1.29, 1.82) is 0 Å². The van der Waals surface area contributed by atoms with Crippen LogP contribution in [0.5, 0.6) is 0 Å². The Hall–Kier alpha value is -1.44. The van der Waals surface area contributed by atoms with Crippen LogP contribution in [-0.4, -0.2) is 48.4 Å². The largest absolute Gasteiger partial charge is 0.383 e. The van der Waals surface area contributed by atoms with Crippen molar-refractivity contribution >= 4 is 23.5 Å². The second kappa shape index (κ2) is 9.15. The fraction of sp³-hybridized carbons (Fsp3) is 0.647. The monoisotopic (exact) mass is 352 g/mol. The summed E-state index contributed by atoms with van der Waals surface area (Å²) in [5, 5.41) is 7.83. The highest BCUT2D eigenvalue weighted by Gasteiger charge is 2.18. The van der Waals surface area contributed by atoms with Crippen molar-refractivity contribution in [2.45, 2.75) is 52.3 Å². The molecule has 1 aromatic rings. The number of nitrogens with zero attached hydrogens (tertiary/aromatic N) is 2. The van der Waals surface area contributed by atoms with Crippen molar-refractivity contribution in [3.63, 3.8) is 0 Å². The Morgan fingerprint density at radius 2 is 2.38 bits per heavy atom. The molecule has 1 aromatic heterocycles. The van der Waals surface area contributed by atoms with Gasteiger partial charge in [0.1, 0.15) is 0 Å². The van der Waals surface area contributed by atoms with Crippen LogP contribution in [0.4, 0.5) is 0 Å². The van der Waals surface area contributed by atoms with Crippen molar-refractivity contribution in [2.24, 2.45) is 5.10 Å². The van der Waals surface area contributed by atoms with Crippen molar-refractivity contribution in [1.82, 2.24) is 15.3 Å². The molecule has 1 saturated heterocycles. The minimum absolute atomic E-state index is 0.140. The van der Waals surface area contributed by atoms with Crippen LogP contribution < -0.4 is 10.7 Å². The van der Waals surface area contributed by atoms with Crippen LogP contribution in [0.25, 0.3) is 0 Å². The first kappa shape index (κ1) is 18.9. The summed E-state index contributed by atoms with van der Waals surface area (Å²) < 4.78 is 13.1. The molecule has 1 fully saturated rings. The number of hydrogen-bond donors (Lipinski definition) is 2. The van der Waals surface area contributed by atoms with Gasteiger partial charge in [0, 0.05) is 43.3 Å². The van der Waals surface area contributed by atoms with Gasteiger partial charge in [-0.2, -0.15) is 5.10 Å². The number of thiocarbonyl (C=S) groups is 1. The van der Waals surface area contributed by atoms with E-state index in [1.807, 2.05) is 13.1 Å². The highest BCUT2D eigenvalue weighted by atomic mass is 32.1. The second-order valence-corrected chi connectivity index (χ2v) is 6.68. The number of hydrazone groups is 1. The van der Waals surface area contributed by atoms with Crippen molar-refractivity contribution in [3.8, 4) is 0 Å². The summed E-state index contributed by atoms with van der Waals surface area (Å²) >= 11 is 5.21. The molecular formula is C17H28N4O2S. The van der Waals surface area contributed by atoms with Gasteiger partial charge in [-0.1, -0.05) is 0 Å². The molecule has 0 aliphatic carbocycles. The number of rotatable bonds is 7. The number of aromatic nitrogens is 1. The van der Waals surface area contributed by atoms with Gasteiger partial charge < -0.3 is 19.4 Å². The van der Waals surface area contributed by atoms with E-state index in [4.69, 9.17) is 21.7 Å². The number of nitrogens with one attached hydrogen (secondary N) is 2. The summed E-state index contributed by atoms with van der Waals surface area (Å²) in [5.74, 6) is 0. The topological polar surface area (TPSA) is 59.8 Å². The van der Waals surface area contributed by atoms with Crippen molar-refractivity contribution in [3.05, 3.63) is 23.0 Å². The highest BCUT2D eigenvalue weighted by Crippen LogP contribution is 2.19. The van der Waals surface area contributed by atoms with Gasteiger partial charge in [0.25, 0.3) is 0 Å². The number of methoxy groups -OCH3 is 1. The summed E-state index contributed by atoms with van der Waals surface area (Å²) in [4.78, 5) is 0. The number of hydrogen-bond acceptors (Lipinski definition) is 4. The zero-order chi connectivity index (χ0) is 17.5. The maximum Gasteiger partial charge on any atom is 0.187 e. The maximum absolute atomic E-state index is 5.74. The Balaban J connectivity index is 1.91. The SMILES string of the molecule is COC[C@@H](C)NC(=S)N/N=C\c1cc(C)n(C[C@@H]2CCCO2)c1C. The van der Waals surface area contributed by atoms with Crippen LogP contribution in [0.15, 0.2) is 11.2 Å². The minimum atomic E-state index is 0.140. The lowest BCUT2D eigenvalue weighted by atomic mass is 10.2. The molecular weight excluding hydrogens is 324 g/mol. The minimum Gasteiger partial charge on any atom is -0.383 e. The third-order valence-electron chi connectivity index (χ3n) is 4.19. The molecule has 1 aliphatic rings. The van der Waals surface area contributed by atoms with Crippen molar-refractivity contribution < 1.29 is 9.47 Å². The summed E-state index contributed by atoms with van der Waals surface area (Å²) in [6.45, 7) is 8.61. The van der Waals surface area contributed by atoms with Crippen LogP contribution in [0.3, 0.4) is 0 Å². The quantitative estimate of drug-likeness (QED) is 0.447. The molecule has 1 aliphatic heterocycles. The summed E-state index contributed by atoms with van der Waals surface area (Å²) in [6, 6.07) is 2.28. The molecule has 2 atom stereocenters. The van der Waals surface area contributed by atoms with Gasteiger partial charge in [0.05, 0.1) is 18.9 Å². The molecule has 0 saturated carbocycles. The summed E-state index contributed by atoms with van der Waals surface area (Å²) in [7, 11) is 1.67. The predicted octanol–water partition coefficient (Wildman–Crippen LogP) is 2.12. The Kier molecular flexibility index (Phi) is 7.20. The van der Waals surface area contributed by atoms with Gasteiger partial charge >= 0.3 is 0 Å². The summed E-state index contributed by atoms with van der Waals surface area (Å²) in [6.07, 6.45) is 4.44. The Labute approximate surface area is 149 Å². The van der Waals surface area contributed by atoms with E-state index in [0.29, 0.717) is 17.8 Å². The van der Waals surface area contributed by atoms with Crippen LogP contribution >= 0.6 is 12.2 Å². The van der Waals surface area contributed by atoms with Gasteiger partial charge in [-0.25, -0.2) is 0 Å². The third kappa shape index (κ3) is 5.29. The molecule has 0 radical (unpaired) electrons. The van der Waals surface area contributed by atoms with E-state index in [9.17, 15) is 0 Å². The van der Waals surface area contributed by atoms with Gasteiger partial charge in [0.2, 0.25) is 0 Å². The van der Waals surface area contributed by atoms with Crippen molar-refractivity contribution in [2.75, 3.05) is 20.3 Å². The molecule has 6 nitrogen and oxygen atoms in total. The van der Waals surface area contributed by atoms with E-state index in [1.54, 1.807) is 7.11 Å². The lowest BCUT2D eigenvalue weighted by Crippen LogP contribution is -2.40. The molecule has 0 bridgehead atoms. The van der Waals surface area contributed by atoms with E-state index < -0.39 is 0 Å². The molecule has 0 aromatic carbocycles. The Morgan fingerprint density at radius 1 is 1.58 bits per heavy atom. The zero-order valence-electron chi connectivity index (χ0n) is 15.0. The lowest BCUT2D eigenvalue weighted by Gasteiger charge is -2.14. The number of aryl methyl sites for hydroxylation is 1. The first-order valence-electron chi connectivity index (χ1n) is 8.38. The Bertz CT molecular complexity index is 579. The van der Waals surface area contributed by atoms with Gasteiger partial charge in [-0.05, 0) is 51.9 Å². The van der Waals surface area contributed by atoms with E-state index in [-0.39, 0.29) is 6.04 Å². The molecule has 7 heteroatoms. The second-order valence-electron chi connectivity index (χ2n) is 6.27. The molecule has 24 heavy (non-hydrogen) atoms. The van der Waals surface area contributed by atoms with E-state index in [2.05, 4.69) is 40.3 Å². The Morgan fingerprint density at radius 3 is 3.04 bits per heavy atom. The fourth-order valence-electron chi connectivity index (χ4n) is 2.94. The molecule has 0 unspecified atom stereocenters. The van der Waals surface area contributed by atoms with Gasteiger partial charge in [0.15, 0.2) is 5.11 Å². The van der Waals surface area contributed by atoms with Crippen LogP contribution in [-0.2, 0) is 16.0 Å². The molecule has 0 amide bonds. The smallest absolute Gasteiger partial charge is 0.187 e. The molecule has 2 rings (SSSR count). The normalized spacial score (nSPS) is 18.9. The molecule has 134 valence electrons. The van der Waals surface area contributed by atoms with Crippen LogP contribution in [0, 0.1) is 13.8 Å². The summed E-state index contributed by atoms with van der Waals surface area (Å²) in [5.41, 5.74) is 6.35. The fourth-order valence-corrected chi connectivity index (χ4v) is 3.19. The van der Waals surface area contributed by atoms with E-state index in [0.717, 1.165) is 31.6 Å². The average molecular weight is 353 g/mol.